The molecule has 0 aliphatic heterocycles. The molecule has 0 atom stereocenters. The summed E-state index contributed by atoms with van der Waals surface area (Å²) in [5.74, 6) is 1.57. The van der Waals surface area contributed by atoms with Crippen LogP contribution in [-0.2, 0) is 11.3 Å². The van der Waals surface area contributed by atoms with Crippen LogP contribution in [0.3, 0.4) is 0 Å². The smallest absolute Gasteiger partial charge is 0.349 e. The van der Waals surface area contributed by atoms with Gasteiger partial charge in [0, 0.05) is 12.1 Å². The minimum absolute atomic E-state index is 0.154. The van der Waals surface area contributed by atoms with E-state index in [9.17, 15) is 4.79 Å². The van der Waals surface area contributed by atoms with E-state index >= 15 is 0 Å². The van der Waals surface area contributed by atoms with Crippen molar-refractivity contribution in [3.05, 3.63) is 114 Å². The highest BCUT2D eigenvalue weighted by molar-refractivity contribution is 5.81. The number of rotatable bonds is 7. The van der Waals surface area contributed by atoms with Crippen molar-refractivity contribution in [2.45, 2.75) is 20.4 Å². The molecule has 4 aromatic carbocycles. The second-order valence-corrected chi connectivity index (χ2v) is 8.48. The third-order valence-electron chi connectivity index (χ3n) is 6.08. The SMILES string of the molecule is Cc1cccc(OCC(=O)Oc2ccc(-c3nc4ccccc4n3Cc3ccccc3)cc2)c1C. The molecule has 0 aliphatic rings. The van der Waals surface area contributed by atoms with E-state index in [4.69, 9.17) is 14.5 Å². The molecule has 5 heteroatoms. The Hall–Kier alpha value is -4.38. The Morgan fingerprint density at radius 1 is 0.829 bits per heavy atom. The van der Waals surface area contributed by atoms with E-state index in [-0.39, 0.29) is 6.61 Å². The topological polar surface area (TPSA) is 53.4 Å². The molecule has 0 saturated carbocycles. The van der Waals surface area contributed by atoms with Gasteiger partial charge in [-0.25, -0.2) is 9.78 Å². The van der Waals surface area contributed by atoms with Crippen LogP contribution in [0, 0.1) is 13.8 Å². The zero-order valence-electron chi connectivity index (χ0n) is 19.8. The number of para-hydroxylation sites is 2. The molecule has 0 amide bonds. The Morgan fingerprint density at radius 3 is 2.37 bits per heavy atom. The number of nitrogens with zero attached hydrogens (tertiary/aromatic N) is 2. The Labute approximate surface area is 204 Å². The summed E-state index contributed by atoms with van der Waals surface area (Å²) >= 11 is 0. The van der Waals surface area contributed by atoms with Crippen molar-refractivity contribution in [1.29, 1.82) is 0 Å². The number of hydrogen-bond acceptors (Lipinski definition) is 4. The van der Waals surface area contributed by atoms with Gasteiger partial charge in [-0.05, 0) is 73.0 Å². The maximum absolute atomic E-state index is 12.3. The minimum atomic E-state index is -0.449. The summed E-state index contributed by atoms with van der Waals surface area (Å²) in [6.45, 7) is 4.54. The highest BCUT2D eigenvalue weighted by atomic mass is 16.6. The zero-order valence-corrected chi connectivity index (χ0v) is 19.8. The highest BCUT2D eigenvalue weighted by Crippen LogP contribution is 2.27. The lowest BCUT2D eigenvalue weighted by molar-refractivity contribution is -0.136. The van der Waals surface area contributed by atoms with E-state index in [2.05, 4.69) is 22.8 Å². The molecule has 5 aromatic rings. The molecular weight excluding hydrogens is 436 g/mol. The monoisotopic (exact) mass is 462 g/mol. The van der Waals surface area contributed by atoms with Crippen LogP contribution in [0.15, 0.2) is 97.1 Å². The summed E-state index contributed by atoms with van der Waals surface area (Å²) in [5.41, 5.74) is 6.30. The van der Waals surface area contributed by atoms with Gasteiger partial charge in [0.25, 0.3) is 0 Å². The van der Waals surface area contributed by atoms with Gasteiger partial charge in [0.15, 0.2) is 6.61 Å². The van der Waals surface area contributed by atoms with Crippen molar-refractivity contribution in [3.8, 4) is 22.9 Å². The number of imidazole rings is 1. The molecule has 0 spiro atoms. The number of benzene rings is 4. The van der Waals surface area contributed by atoms with Gasteiger partial charge < -0.3 is 14.0 Å². The van der Waals surface area contributed by atoms with Crippen LogP contribution in [0.5, 0.6) is 11.5 Å². The number of aromatic nitrogens is 2. The van der Waals surface area contributed by atoms with Gasteiger partial charge in [-0.15, -0.1) is 0 Å². The normalized spacial score (nSPS) is 10.9. The van der Waals surface area contributed by atoms with Crippen LogP contribution >= 0.6 is 0 Å². The summed E-state index contributed by atoms with van der Waals surface area (Å²) < 4.78 is 13.4. The van der Waals surface area contributed by atoms with Gasteiger partial charge in [0.2, 0.25) is 0 Å². The first-order valence-electron chi connectivity index (χ1n) is 11.6. The van der Waals surface area contributed by atoms with Gasteiger partial charge in [-0.2, -0.15) is 0 Å². The second-order valence-electron chi connectivity index (χ2n) is 8.48. The standard InChI is InChI=1S/C30H26N2O3/c1-21-9-8-14-28(22(21)2)34-20-29(33)35-25-17-15-24(16-18-25)30-31-26-12-6-7-13-27(26)32(30)19-23-10-4-3-5-11-23/h3-18H,19-20H2,1-2H3. The molecule has 0 radical (unpaired) electrons. The second kappa shape index (κ2) is 9.85. The van der Waals surface area contributed by atoms with Crippen LogP contribution in [0.1, 0.15) is 16.7 Å². The lowest BCUT2D eigenvalue weighted by Gasteiger charge is -2.11. The number of carbonyl (C=O) groups excluding carboxylic acids is 1. The van der Waals surface area contributed by atoms with E-state index in [1.54, 1.807) is 12.1 Å². The van der Waals surface area contributed by atoms with Crippen molar-refractivity contribution >= 4 is 17.0 Å². The summed E-state index contributed by atoms with van der Waals surface area (Å²) in [5, 5.41) is 0. The van der Waals surface area contributed by atoms with E-state index < -0.39 is 5.97 Å². The van der Waals surface area contributed by atoms with Crippen LogP contribution in [0.25, 0.3) is 22.4 Å². The molecule has 0 aliphatic carbocycles. The maximum Gasteiger partial charge on any atom is 0.349 e. The summed E-state index contributed by atoms with van der Waals surface area (Å²) in [6, 6.07) is 31.7. The quantitative estimate of drug-likeness (QED) is 0.209. The molecule has 5 rings (SSSR count). The van der Waals surface area contributed by atoms with Crippen LogP contribution in [0.4, 0.5) is 0 Å². The van der Waals surface area contributed by atoms with Crippen molar-refractivity contribution in [1.82, 2.24) is 9.55 Å². The third kappa shape index (κ3) is 4.94. The van der Waals surface area contributed by atoms with Crippen molar-refractivity contribution in [2.75, 3.05) is 6.61 Å². The van der Waals surface area contributed by atoms with Crippen LogP contribution in [0.2, 0.25) is 0 Å². The van der Waals surface area contributed by atoms with Gasteiger partial charge >= 0.3 is 5.97 Å². The predicted octanol–water partition coefficient (Wildman–Crippen LogP) is 6.35. The van der Waals surface area contributed by atoms with Gasteiger partial charge in [0.1, 0.15) is 17.3 Å². The zero-order chi connectivity index (χ0) is 24.2. The number of fused-ring (bicyclic) bond motifs is 1. The fraction of sp³-hybridized carbons (Fsp3) is 0.133. The molecule has 0 fully saturated rings. The molecule has 0 bridgehead atoms. The average molecular weight is 463 g/mol. The number of aryl methyl sites for hydroxylation is 1. The average Bonchev–Trinajstić information content (AvgIpc) is 3.24. The van der Waals surface area contributed by atoms with E-state index in [1.165, 1.54) is 5.56 Å². The number of hydrogen-bond donors (Lipinski definition) is 0. The van der Waals surface area contributed by atoms with Crippen molar-refractivity contribution in [3.63, 3.8) is 0 Å². The van der Waals surface area contributed by atoms with Gasteiger partial charge in [-0.3, -0.25) is 0 Å². The fourth-order valence-corrected chi connectivity index (χ4v) is 4.07. The Kier molecular flexibility index (Phi) is 6.31. The molecule has 174 valence electrons. The van der Waals surface area contributed by atoms with Gasteiger partial charge in [-0.1, -0.05) is 54.6 Å². The molecule has 5 nitrogen and oxygen atoms in total. The number of ether oxygens (including phenoxy) is 2. The van der Waals surface area contributed by atoms with Crippen molar-refractivity contribution in [2.24, 2.45) is 0 Å². The molecule has 0 N–H and O–H groups in total. The van der Waals surface area contributed by atoms with Gasteiger partial charge in [0.05, 0.1) is 11.0 Å². The van der Waals surface area contributed by atoms with E-state index in [0.717, 1.165) is 33.5 Å². The van der Waals surface area contributed by atoms with E-state index in [0.29, 0.717) is 18.0 Å². The highest BCUT2D eigenvalue weighted by Gasteiger charge is 2.14. The van der Waals surface area contributed by atoms with Crippen LogP contribution in [-0.4, -0.2) is 22.1 Å². The number of esters is 1. The lowest BCUT2D eigenvalue weighted by Crippen LogP contribution is -2.18. The lowest BCUT2D eigenvalue weighted by atomic mass is 10.1. The largest absolute Gasteiger partial charge is 0.482 e. The first kappa shape index (κ1) is 22.4. The Balaban J connectivity index is 1.33. The molecule has 35 heavy (non-hydrogen) atoms. The van der Waals surface area contributed by atoms with Crippen molar-refractivity contribution < 1.29 is 14.3 Å². The first-order valence-corrected chi connectivity index (χ1v) is 11.6. The molecule has 1 aromatic heterocycles. The first-order chi connectivity index (χ1) is 17.1. The Morgan fingerprint density at radius 2 is 1.57 bits per heavy atom. The predicted molar refractivity (Wildman–Crippen MR) is 138 cm³/mol. The molecule has 1 heterocycles. The third-order valence-corrected chi connectivity index (χ3v) is 6.08. The maximum atomic E-state index is 12.3. The molecule has 0 unspecified atom stereocenters. The molecular formula is C30H26N2O3. The summed E-state index contributed by atoms with van der Waals surface area (Å²) in [4.78, 5) is 17.2. The summed E-state index contributed by atoms with van der Waals surface area (Å²) in [7, 11) is 0. The number of carbonyl (C=O) groups is 1. The Bertz CT molecular complexity index is 1470. The molecule has 0 saturated heterocycles. The summed E-state index contributed by atoms with van der Waals surface area (Å²) in [6.07, 6.45) is 0. The minimum Gasteiger partial charge on any atom is -0.482 e. The fourth-order valence-electron chi connectivity index (χ4n) is 4.07. The van der Waals surface area contributed by atoms with E-state index in [1.807, 2.05) is 80.6 Å². The van der Waals surface area contributed by atoms with Crippen LogP contribution < -0.4 is 9.47 Å².